The molecular formula is C12H20O. The molecule has 1 aliphatic carbocycles. The Morgan fingerprint density at radius 1 is 1.38 bits per heavy atom. The first-order valence-corrected chi connectivity index (χ1v) is 4.92. The molecule has 0 aromatic rings. The Morgan fingerprint density at radius 3 is 2.46 bits per heavy atom. The minimum atomic E-state index is 0.188. The molecule has 0 amide bonds. The second-order valence-corrected chi connectivity index (χ2v) is 4.50. The van der Waals surface area contributed by atoms with E-state index in [-0.39, 0.29) is 5.41 Å². The van der Waals surface area contributed by atoms with Gasteiger partial charge in [0.15, 0.2) is 0 Å². The molecule has 0 aliphatic heterocycles. The molecule has 74 valence electrons. The van der Waals surface area contributed by atoms with Crippen molar-refractivity contribution in [2.75, 3.05) is 7.11 Å². The number of hydrogen-bond acceptors (Lipinski definition) is 1. The molecule has 0 aromatic heterocycles. The summed E-state index contributed by atoms with van der Waals surface area (Å²) in [5.74, 6) is 1.73. The van der Waals surface area contributed by atoms with Gasteiger partial charge in [0.25, 0.3) is 0 Å². The van der Waals surface area contributed by atoms with E-state index in [4.69, 9.17) is 4.74 Å². The smallest absolute Gasteiger partial charge is 0.102 e. The van der Waals surface area contributed by atoms with Crippen molar-refractivity contribution in [3.05, 3.63) is 23.5 Å². The van der Waals surface area contributed by atoms with Crippen LogP contribution in [0.4, 0.5) is 0 Å². The van der Waals surface area contributed by atoms with Crippen LogP contribution in [-0.2, 0) is 4.74 Å². The van der Waals surface area contributed by atoms with Crippen molar-refractivity contribution in [2.24, 2.45) is 11.3 Å². The lowest BCUT2D eigenvalue weighted by Crippen LogP contribution is -2.29. The lowest BCUT2D eigenvalue weighted by atomic mass is 9.71. The van der Waals surface area contributed by atoms with Gasteiger partial charge in [-0.3, -0.25) is 0 Å². The van der Waals surface area contributed by atoms with Crippen LogP contribution in [0.3, 0.4) is 0 Å². The highest BCUT2D eigenvalue weighted by Gasteiger charge is 2.35. The summed E-state index contributed by atoms with van der Waals surface area (Å²) >= 11 is 0. The van der Waals surface area contributed by atoms with Gasteiger partial charge in [-0.25, -0.2) is 0 Å². The van der Waals surface area contributed by atoms with Gasteiger partial charge in [-0.15, -0.1) is 0 Å². The van der Waals surface area contributed by atoms with Crippen LogP contribution in [0.2, 0.25) is 0 Å². The van der Waals surface area contributed by atoms with Gasteiger partial charge in [-0.05, 0) is 25.3 Å². The van der Waals surface area contributed by atoms with E-state index < -0.39 is 0 Å². The topological polar surface area (TPSA) is 9.23 Å². The van der Waals surface area contributed by atoms with Crippen molar-refractivity contribution in [1.29, 1.82) is 0 Å². The molecule has 0 bridgehead atoms. The third-order valence-corrected chi connectivity index (χ3v) is 3.22. The summed E-state index contributed by atoms with van der Waals surface area (Å²) in [6, 6.07) is 0. The summed E-state index contributed by atoms with van der Waals surface area (Å²) < 4.78 is 5.43. The minimum absolute atomic E-state index is 0.188. The number of rotatable bonds is 2. The molecule has 0 fully saturated rings. The maximum atomic E-state index is 5.43. The van der Waals surface area contributed by atoms with Gasteiger partial charge in [-0.1, -0.05) is 32.4 Å². The van der Waals surface area contributed by atoms with Crippen LogP contribution >= 0.6 is 0 Å². The van der Waals surface area contributed by atoms with Gasteiger partial charge < -0.3 is 4.74 Å². The zero-order chi connectivity index (χ0) is 10.1. The SMILES string of the molecule is COC1=CC=C(C)C[C@@]1(C)C(C)C. The van der Waals surface area contributed by atoms with Gasteiger partial charge in [0.05, 0.1) is 7.11 Å². The Kier molecular flexibility index (Phi) is 2.84. The lowest BCUT2D eigenvalue weighted by Gasteiger charge is -2.37. The molecule has 1 aliphatic rings. The Morgan fingerprint density at radius 2 is 2.00 bits per heavy atom. The maximum absolute atomic E-state index is 5.43. The Balaban J connectivity index is 2.99. The van der Waals surface area contributed by atoms with Crippen molar-refractivity contribution >= 4 is 0 Å². The lowest BCUT2D eigenvalue weighted by molar-refractivity contribution is 0.134. The van der Waals surface area contributed by atoms with Crippen LogP contribution in [0, 0.1) is 11.3 Å². The van der Waals surface area contributed by atoms with E-state index in [0.29, 0.717) is 5.92 Å². The van der Waals surface area contributed by atoms with E-state index in [2.05, 4.69) is 39.8 Å². The average Bonchev–Trinajstić information content (AvgIpc) is 2.04. The molecule has 1 rings (SSSR count). The second-order valence-electron chi connectivity index (χ2n) is 4.50. The average molecular weight is 180 g/mol. The highest BCUT2D eigenvalue weighted by Crippen LogP contribution is 2.43. The highest BCUT2D eigenvalue weighted by atomic mass is 16.5. The summed E-state index contributed by atoms with van der Waals surface area (Å²) in [6.45, 7) is 8.98. The predicted molar refractivity (Wildman–Crippen MR) is 56.4 cm³/mol. The second kappa shape index (κ2) is 3.57. The van der Waals surface area contributed by atoms with Crippen molar-refractivity contribution < 1.29 is 4.74 Å². The molecule has 0 unspecified atom stereocenters. The molecule has 1 atom stereocenters. The van der Waals surface area contributed by atoms with Crippen molar-refractivity contribution in [2.45, 2.75) is 34.1 Å². The first-order chi connectivity index (χ1) is 6.00. The van der Waals surface area contributed by atoms with E-state index in [0.717, 1.165) is 12.2 Å². The molecule has 1 heteroatoms. The molecule has 0 aromatic carbocycles. The zero-order valence-electron chi connectivity index (χ0n) is 9.35. The minimum Gasteiger partial charge on any atom is -0.501 e. The molecule has 0 saturated carbocycles. The first kappa shape index (κ1) is 10.4. The fourth-order valence-electron chi connectivity index (χ4n) is 1.92. The molecule has 0 radical (unpaired) electrons. The fourth-order valence-corrected chi connectivity index (χ4v) is 1.92. The van der Waals surface area contributed by atoms with E-state index in [9.17, 15) is 0 Å². The summed E-state index contributed by atoms with van der Waals surface area (Å²) in [6.07, 6.45) is 5.38. The molecule has 13 heavy (non-hydrogen) atoms. The first-order valence-electron chi connectivity index (χ1n) is 4.92. The Hall–Kier alpha value is -0.720. The quantitative estimate of drug-likeness (QED) is 0.631. The molecular weight excluding hydrogens is 160 g/mol. The summed E-state index contributed by atoms with van der Waals surface area (Å²) in [5, 5.41) is 0. The summed E-state index contributed by atoms with van der Waals surface area (Å²) in [7, 11) is 1.76. The third-order valence-electron chi connectivity index (χ3n) is 3.22. The van der Waals surface area contributed by atoms with Crippen LogP contribution in [0.1, 0.15) is 34.1 Å². The van der Waals surface area contributed by atoms with Gasteiger partial charge in [0, 0.05) is 5.41 Å². The van der Waals surface area contributed by atoms with E-state index in [1.165, 1.54) is 5.57 Å². The third kappa shape index (κ3) is 1.79. The van der Waals surface area contributed by atoms with E-state index in [1.54, 1.807) is 7.11 Å². The predicted octanol–water partition coefficient (Wildman–Crippen LogP) is 3.53. The van der Waals surface area contributed by atoms with Crippen molar-refractivity contribution in [1.82, 2.24) is 0 Å². The van der Waals surface area contributed by atoms with Crippen LogP contribution in [0.15, 0.2) is 23.5 Å². The number of methoxy groups -OCH3 is 1. The fraction of sp³-hybridized carbons (Fsp3) is 0.667. The van der Waals surface area contributed by atoms with Crippen LogP contribution < -0.4 is 0 Å². The molecule has 0 saturated heterocycles. The van der Waals surface area contributed by atoms with Crippen LogP contribution in [0.5, 0.6) is 0 Å². The number of hydrogen-bond donors (Lipinski definition) is 0. The summed E-state index contributed by atoms with van der Waals surface area (Å²) in [5.41, 5.74) is 1.63. The normalized spacial score (nSPS) is 28.5. The zero-order valence-corrected chi connectivity index (χ0v) is 9.35. The van der Waals surface area contributed by atoms with Crippen molar-refractivity contribution in [3.63, 3.8) is 0 Å². The van der Waals surface area contributed by atoms with Gasteiger partial charge in [0.2, 0.25) is 0 Å². The highest BCUT2D eigenvalue weighted by molar-refractivity contribution is 5.26. The Labute approximate surface area is 81.5 Å². The maximum Gasteiger partial charge on any atom is 0.102 e. The standard InChI is InChI=1S/C12H20O/c1-9(2)12(4)8-10(3)6-7-11(12)13-5/h6-7,9H,8H2,1-5H3/t12-/m0/s1. The summed E-state index contributed by atoms with van der Waals surface area (Å²) in [4.78, 5) is 0. The van der Waals surface area contributed by atoms with Crippen LogP contribution in [0.25, 0.3) is 0 Å². The van der Waals surface area contributed by atoms with Gasteiger partial charge in [0.1, 0.15) is 5.76 Å². The molecule has 0 N–H and O–H groups in total. The molecule has 0 spiro atoms. The van der Waals surface area contributed by atoms with E-state index >= 15 is 0 Å². The van der Waals surface area contributed by atoms with Gasteiger partial charge in [-0.2, -0.15) is 0 Å². The molecule has 0 heterocycles. The van der Waals surface area contributed by atoms with Gasteiger partial charge >= 0.3 is 0 Å². The number of ether oxygens (including phenoxy) is 1. The Bertz CT molecular complexity index is 248. The monoisotopic (exact) mass is 180 g/mol. The van der Waals surface area contributed by atoms with Crippen LogP contribution in [-0.4, -0.2) is 7.11 Å². The van der Waals surface area contributed by atoms with E-state index in [1.807, 2.05) is 0 Å². The largest absolute Gasteiger partial charge is 0.501 e. The molecule has 1 nitrogen and oxygen atoms in total. The number of allylic oxidation sites excluding steroid dienone is 4. The van der Waals surface area contributed by atoms with Crippen molar-refractivity contribution in [3.8, 4) is 0 Å².